The number of anilines is 1. The number of allylic oxidation sites excluding steroid dienone is 2. The van der Waals surface area contributed by atoms with E-state index in [0.29, 0.717) is 12.0 Å². The molecule has 4 rings (SSSR count). The molecule has 18 heavy (non-hydrogen) atoms. The summed E-state index contributed by atoms with van der Waals surface area (Å²) in [7, 11) is 0. The Hall–Kier alpha value is -1.50. The molecule has 1 saturated carbocycles. The summed E-state index contributed by atoms with van der Waals surface area (Å²) < 4.78 is 0. The van der Waals surface area contributed by atoms with Crippen molar-refractivity contribution in [3.8, 4) is 0 Å². The highest BCUT2D eigenvalue weighted by molar-refractivity contribution is 5.64. The maximum Gasteiger partial charge on any atom is 0.0551 e. The Kier molecular flexibility index (Phi) is 2.32. The summed E-state index contributed by atoms with van der Waals surface area (Å²) in [5.41, 5.74) is 4.34. The van der Waals surface area contributed by atoms with Crippen LogP contribution >= 0.6 is 0 Å². The minimum Gasteiger partial charge on any atom is -0.378 e. The first-order valence-electron chi connectivity index (χ1n) is 7.14. The standard InChI is InChI=1S/C17H19N/c1-2-7-16-14(6-1)15-9-8-13(11-17(15)18-16)10-12-4-3-5-12/h1-2,6-9,11-12,14,16,18H,3-5,10H2. The van der Waals surface area contributed by atoms with E-state index in [1.54, 1.807) is 0 Å². The third kappa shape index (κ3) is 1.61. The van der Waals surface area contributed by atoms with Gasteiger partial charge in [-0.1, -0.05) is 55.7 Å². The summed E-state index contributed by atoms with van der Waals surface area (Å²) in [6, 6.07) is 7.54. The lowest BCUT2D eigenvalue weighted by atomic mass is 9.80. The maximum absolute atomic E-state index is 3.65. The average molecular weight is 237 g/mol. The Bertz CT molecular complexity index is 522. The first kappa shape index (κ1) is 10.4. The smallest absolute Gasteiger partial charge is 0.0551 e. The minimum atomic E-state index is 0.476. The van der Waals surface area contributed by atoms with Crippen LogP contribution in [0.1, 0.15) is 36.3 Å². The van der Waals surface area contributed by atoms with Crippen LogP contribution in [-0.4, -0.2) is 6.04 Å². The van der Waals surface area contributed by atoms with Crippen molar-refractivity contribution >= 4 is 5.69 Å². The third-order valence-electron chi connectivity index (χ3n) is 4.68. The van der Waals surface area contributed by atoms with E-state index in [-0.39, 0.29) is 0 Å². The molecule has 2 atom stereocenters. The Morgan fingerprint density at radius 1 is 1.11 bits per heavy atom. The lowest BCUT2D eigenvalue weighted by Crippen LogP contribution is -2.17. The molecule has 92 valence electrons. The van der Waals surface area contributed by atoms with Gasteiger partial charge in [0.2, 0.25) is 0 Å². The maximum atomic E-state index is 3.65. The van der Waals surface area contributed by atoms with E-state index in [0.717, 1.165) is 5.92 Å². The van der Waals surface area contributed by atoms with Crippen molar-refractivity contribution in [3.05, 3.63) is 53.6 Å². The summed E-state index contributed by atoms with van der Waals surface area (Å²) in [6.07, 6.45) is 14.5. The molecule has 0 aromatic heterocycles. The topological polar surface area (TPSA) is 12.0 Å². The molecule has 1 heteroatoms. The van der Waals surface area contributed by atoms with Gasteiger partial charge in [-0.25, -0.2) is 0 Å². The molecular formula is C17H19N. The van der Waals surface area contributed by atoms with Crippen LogP contribution in [0.15, 0.2) is 42.5 Å². The monoisotopic (exact) mass is 237 g/mol. The SMILES string of the molecule is C1=CC2Nc3cc(CC4CCC4)ccc3C2C=C1. The number of hydrogen-bond acceptors (Lipinski definition) is 1. The van der Waals surface area contributed by atoms with Gasteiger partial charge in [0.25, 0.3) is 0 Å². The Labute approximate surface area is 109 Å². The summed E-state index contributed by atoms with van der Waals surface area (Å²) in [4.78, 5) is 0. The lowest BCUT2D eigenvalue weighted by Gasteiger charge is -2.25. The number of benzene rings is 1. The van der Waals surface area contributed by atoms with Crippen molar-refractivity contribution in [3.63, 3.8) is 0 Å². The molecule has 0 radical (unpaired) electrons. The van der Waals surface area contributed by atoms with E-state index in [2.05, 4.69) is 47.8 Å². The molecule has 1 N–H and O–H groups in total. The molecule has 2 unspecified atom stereocenters. The highest BCUT2D eigenvalue weighted by Crippen LogP contribution is 2.40. The highest BCUT2D eigenvalue weighted by atomic mass is 15.0. The van der Waals surface area contributed by atoms with Gasteiger partial charge in [0.15, 0.2) is 0 Å². The zero-order valence-electron chi connectivity index (χ0n) is 10.6. The number of hydrogen-bond donors (Lipinski definition) is 1. The third-order valence-corrected chi connectivity index (χ3v) is 4.68. The molecule has 1 nitrogen and oxygen atoms in total. The van der Waals surface area contributed by atoms with Gasteiger partial charge in [-0.2, -0.15) is 0 Å². The fraction of sp³-hybridized carbons (Fsp3) is 0.412. The van der Waals surface area contributed by atoms with E-state index < -0.39 is 0 Å². The van der Waals surface area contributed by atoms with Crippen LogP contribution in [0, 0.1) is 5.92 Å². The van der Waals surface area contributed by atoms with Gasteiger partial charge >= 0.3 is 0 Å². The average Bonchev–Trinajstić information content (AvgIpc) is 2.71. The number of fused-ring (bicyclic) bond motifs is 3. The second-order valence-corrected chi connectivity index (χ2v) is 5.89. The van der Waals surface area contributed by atoms with Crippen molar-refractivity contribution in [1.82, 2.24) is 0 Å². The molecular weight excluding hydrogens is 218 g/mol. The van der Waals surface area contributed by atoms with Crippen molar-refractivity contribution in [2.45, 2.75) is 37.6 Å². The van der Waals surface area contributed by atoms with Crippen molar-refractivity contribution in [2.75, 3.05) is 5.32 Å². The van der Waals surface area contributed by atoms with Gasteiger partial charge in [0, 0.05) is 11.6 Å². The second kappa shape index (κ2) is 4.01. The van der Waals surface area contributed by atoms with Crippen LogP contribution in [-0.2, 0) is 6.42 Å². The zero-order chi connectivity index (χ0) is 11.9. The van der Waals surface area contributed by atoms with E-state index in [4.69, 9.17) is 0 Å². The van der Waals surface area contributed by atoms with E-state index in [1.807, 2.05) is 0 Å². The van der Waals surface area contributed by atoms with Crippen LogP contribution in [0.5, 0.6) is 0 Å². The fourth-order valence-corrected chi connectivity index (χ4v) is 3.40. The summed E-state index contributed by atoms with van der Waals surface area (Å²) in [5.74, 6) is 1.49. The van der Waals surface area contributed by atoms with Gasteiger partial charge < -0.3 is 5.32 Å². The van der Waals surface area contributed by atoms with Crippen LogP contribution in [0.2, 0.25) is 0 Å². The first-order chi connectivity index (χ1) is 8.90. The molecule has 1 aromatic carbocycles. The lowest BCUT2D eigenvalue weighted by molar-refractivity contribution is 0.314. The Morgan fingerprint density at radius 3 is 2.83 bits per heavy atom. The highest BCUT2D eigenvalue weighted by Gasteiger charge is 2.29. The van der Waals surface area contributed by atoms with Crippen LogP contribution in [0.4, 0.5) is 5.69 Å². The molecule has 1 fully saturated rings. The summed E-state index contributed by atoms with van der Waals surface area (Å²) in [5, 5.41) is 3.65. The molecule has 1 heterocycles. The molecule has 0 amide bonds. The molecule has 0 spiro atoms. The fourth-order valence-electron chi connectivity index (χ4n) is 3.40. The quantitative estimate of drug-likeness (QED) is 0.818. The number of rotatable bonds is 2. The van der Waals surface area contributed by atoms with Gasteiger partial charge in [-0.15, -0.1) is 0 Å². The van der Waals surface area contributed by atoms with Gasteiger partial charge in [-0.05, 0) is 29.5 Å². The van der Waals surface area contributed by atoms with Crippen LogP contribution < -0.4 is 5.32 Å². The van der Waals surface area contributed by atoms with Crippen molar-refractivity contribution in [1.29, 1.82) is 0 Å². The molecule has 3 aliphatic rings. The van der Waals surface area contributed by atoms with E-state index >= 15 is 0 Å². The summed E-state index contributed by atoms with van der Waals surface area (Å²) in [6.45, 7) is 0. The van der Waals surface area contributed by atoms with Gasteiger partial charge in [-0.3, -0.25) is 0 Å². The first-order valence-corrected chi connectivity index (χ1v) is 7.14. The Morgan fingerprint density at radius 2 is 2.00 bits per heavy atom. The minimum absolute atomic E-state index is 0.476. The summed E-state index contributed by atoms with van der Waals surface area (Å²) >= 11 is 0. The number of nitrogens with one attached hydrogen (secondary N) is 1. The van der Waals surface area contributed by atoms with E-state index in [9.17, 15) is 0 Å². The molecule has 0 bridgehead atoms. The predicted molar refractivity (Wildman–Crippen MR) is 75.9 cm³/mol. The van der Waals surface area contributed by atoms with Crippen molar-refractivity contribution < 1.29 is 0 Å². The molecule has 1 aromatic rings. The van der Waals surface area contributed by atoms with Crippen LogP contribution in [0.25, 0.3) is 0 Å². The van der Waals surface area contributed by atoms with Crippen molar-refractivity contribution in [2.24, 2.45) is 5.92 Å². The van der Waals surface area contributed by atoms with E-state index in [1.165, 1.54) is 42.5 Å². The van der Waals surface area contributed by atoms with Gasteiger partial charge in [0.1, 0.15) is 0 Å². The van der Waals surface area contributed by atoms with Gasteiger partial charge in [0.05, 0.1) is 6.04 Å². The van der Waals surface area contributed by atoms with Crippen LogP contribution in [0.3, 0.4) is 0 Å². The normalized spacial score (nSPS) is 28.4. The second-order valence-electron chi connectivity index (χ2n) is 5.89. The molecule has 1 aliphatic heterocycles. The molecule has 0 saturated heterocycles. The molecule has 2 aliphatic carbocycles. The zero-order valence-corrected chi connectivity index (χ0v) is 10.6. The largest absolute Gasteiger partial charge is 0.378 e. The predicted octanol–water partition coefficient (Wildman–Crippen LogP) is 4.03. The Balaban J connectivity index is 1.61.